The van der Waals surface area contributed by atoms with E-state index in [0.29, 0.717) is 12.1 Å². The zero-order valence-corrected chi connectivity index (χ0v) is 12.0. The first kappa shape index (κ1) is 14.3. The highest BCUT2D eigenvalue weighted by atomic mass is 19.1. The van der Waals surface area contributed by atoms with Gasteiger partial charge in [0, 0.05) is 24.5 Å². The molecule has 2 unspecified atom stereocenters. The molecule has 5 nitrogen and oxygen atoms in total. The minimum absolute atomic E-state index is 0.216. The molecule has 112 valence electrons. The molecular weight excluding hydrogens is 283 g/mol. The number of azo groups is 1. The number of nitrogens with one attached hydrogen (secondary N) is 1. The van der Waals surface area contributed by atoms with Crippen LogP contribution in [0.2, 0.25) is 0 Å². The van der Waals surface area contributed by atoms with Crippen LogP contribution in [0.5, 0.6) is 0 Å². The molecule has 22 heavy (non-hydrogen) atoms. The molecule has 1 aromatic heterocycles. The number of nitrogens with zero attached hydrogens (tertiary/aromatic N) is 3. The van der Waals surface area contributed by atoms with E-state index in [-0.39, 0.29) is 17.8 Å². The number of anilines is 1. The van der Waals surface area contributed by atoms with Crippen LogP contribution >= 0.6 is 0 Å². The van der Waals surface area contributed by atoms with Gasteiger partial charge in [0.25, 0.3) is 5.91 Å². The molecule has 0 saturated carbocycles. The average molecular weight is 298 g/mol. The summed E-state index contributed by atoms with van der Waals surface area (Å²) in [5.41, 5.74) is 0.592. The molecule has 1 aliphatic heterocycles. The molecule has 0 radical (unpaired) electrons. The van der Waals surface area contributed by atoms with E-state index in [2.05, 4.69) is 20.5 Å². The zero-order chi connectivity index (χ0) is 15.6. The highest BCUT2D eigenvalue weighted by molar-refractivity contribution is 5.98. The second-order valence-corrected chi connectivity index (χ2v) is 5.45. The third-order valence-corrected chi connectivity index (χ3v) is 3.69. The lowest BCUT2D eigenvalue weighted by Crippen LogP contribution is -2.37. The lowest BCUT2D eigenvalue weighted by atomic mass is 9.91. The van der Waals surface area contributed by atoms with Crippen molar-refractivity contribution < 1.29 is 9.18 Å². The Bertz CT molecular complexity index is 702. The first-order valence-electron chi connectivity index (χ1n) is 6.96. The Morgan fingerprint density at radius 3 is 2.59 bits per heavy atom. The molecule has 1 N–H and O–H groups in total. The molecule has 2 aromatic rings. The Morgan fingerprint density at radius 2 is 1.91 bits per heavy atom. The van der Waals surface area contributed by atoms with Crippen LogP contribution in [0.4, 0.5) is 10.1 Å². The number of halogens is 1. The predicted molar refractivity (Wildman–Crippen MR) is 79.9 cm³/mol. The molecule has 0 fully saturated rings. The monoisotopic (exact) mass is 298 g/mol. The Balaban J connectivity index is 1.71. The standard InChI is InChI=1S/C16H15FN4O/c1-16(15(22)19-13-6-8-18-9-7-13)10-14(20-21-16)11-2-4-12(17)5-3-11/h2-9,14H,10H2,1H3,(H,18,19,22). The van der Waals surface area contributed by atoms with Crippen molar-refractivity contribution in [2.45, 2.75) is 24.9 Å². The summed E-state index contributed by atoms with van der Waals surface area (Å²) in [5, 5.41) is 11.1. The average Bonchev–Trinajstić information content (AvgIpc) is 2.93. The SMILES string of the molecule is CC1(C(=O)Nc2ccncc2)CC(c2ccc(F)cc2)N=N1. The minimum atomic E-state index is -0.928. The van der Waals surface area contributed by atoms with E-state index in [1.807, 2.05) is 0 Å². The molecule has 1 aliphatic rings. The predicted octanol–water partition coefficient (Wildman–Crippen LogP) is 3.52. The topological polar surface area (TPSA) is 66.7 Å². The van der Waals surface area contributed by atoms with Gasteiger partial charge in [-0.1, -0.05) is 12.1 Å². The van der Waals surface area contributed by atoms with Crippen molar-refractivity contribution in [2.24, 2.45) is 10.2 Å². The Kier molecular flexibility index (Phi) is 3.66. The number of hydrogen-bond donors (Lipinski definition) is 1. The van der Waals surface area contributed by atoms with Crippen LogP contribution in [0, 0.1) is 5.82 Å². The van der Waals surface area contributed by atoms with Crippen molar-refractivity contribution in [1.82, 2.24) is 4.98 Å². The lowest BCUT2D eigenvalue weighted by Gasteiger charge is -2.19. The van der Waals surface area contributed by atoms with Gasteiger partial charge in [0.1, 0.15) is 5.82 Å². The third-order valence-electron chi connectivity index (χ3n) is 3.69. The number of carbonyl (C=O) groups excluding carboxylic acids is 1. The van der Waals surface area contributed by atoms with Crippen molar-refractivity contribution in [3.05, 3.63) is 60.2 Å². The fourth-order valence-corrected chi connectivity index (χ4v) is 2.36. The zero-order valence-electron chi connectivity index (χ0n) is 12.0. The van der Waals surface area contributed by atoms with Gasteiger partial charge in [-0.15, -0.1) is 0 Å². The molecule has 2 atom stereocenters. The van der Waals surface area contributed by atoms with Gasteiger partial charge < -0.3 is 5.32 Å². The number of aromatic nitrogens is 1. The Morgan fingerprint density at radius 1 is 1.23 bits per heavy atom. The van der Waals surface area contributed by atoms with Crippen LogP contribution in [0.1, 0.15) is 24.9 Å². The van der Waals surface area contributed by atoms with E-state index in [0.717, 1.165) is 5.56 Å². The van der Waals surface area contributed by atoms with Gasteiger partial charge in [0.05, 0.1) is 6.04 Å². The number of carbonyl (C=O) groups is 1. The smallest absolute Gasteiger partial charge is 0.254 e. The number of benzene rings is 1. The maximum atomic E-state index is 13.0. The van der Waals surface area contributed by atoms with Gasteiger partial charge in [0.2, 0.25) is 0 Å². The van der Waals surface area contributed by atoms with Crippen molar-refractivity contribution in [3.8, 4) is 0 Å². The van der Waals surface area contributed by atoms with Crippen molar-refractivity contribution in [1.29, 1.82) is 0 Å². The maximum absolute atomic E-state index is 13.0. The van der Waals surface area contributed by atoms with Crippen molar-refractivity contribution in [2.75, 3.05) is 5.32 Å². The molecule has 3 rings (SSSR count). The fraction of sp³-hybridized carbons (Fsp3) is 0.250. The molecule has 1 amide bonds. The van der Waals surface area contributed by atoms with E-state index in [1.54, 1.807) is 43.6 Å². The molecular formula is C16H15FN4O. The molecule has 0 aliphatic carbocycles. The van der Waals surface area contributed by atoms with Crippen molar-refractivity contribution in [3.63, 3.8) is 0 Å². The van der Waals surface area contributed by atoms with Crippen LogP contribution in [0.3, 0.4) is 0 Å². The first-order chi connectivity index (χ1) is 10.6. The highest BCUT2D eigenvalue weighted by Crippen LogP contribution is 2.37. The highest BCUT2D eigenvalue weighted by Gasteiger charge is 2.41. The van der Waals surface area contributed by atoms with Gasteiger partial charge in [0.15, 0.2) is 5.54 Å². The number of rotatable bonds is 3. The third kappa shape index (κ3) is 2.86. The van der Waals surface area contributed by atoms with E-state index < -0.39 is 5.54 Å². The Labute approximate surface area is 127 Å². The summed E-state index contributed by atoms with van der Waals surface area (Å²) < 4.78 is 13.0. The summed E-state index contributed by atoms with van der Waals surface area (Å²) >= 11 is 0. The summed E-state index contributed by atoms with van der Waals surface area (Å²) in [6, 6.07) is 9.32. The van der Waals surface area contributed by atoms with Crippen molar-refractivity contribution >= 4 is 11.6 Å². The molecule has 6 heteroatoms. The van der Waals surface area contributed by atoms with E-state index >= 15 is 0 Å². The number of hydrogen-bond acceptors (Lipinski definition) is 4. The van der Waals surface area contributed by atoms with Crippen LogP contribution in [-0.4, -0.2) is 16.4 Å². The quantitative estimate of drug-likeness (QED) is 0.942. The van der Waals surface area contributed by atoms with Gasteiger partial charge in [-0.25, -0.2) is 4.39 Å². The molecule has 0 saturated heterocycles. The summed E-state index contributed by atoms with van der Waals surface area (Å²) in [6.07, 6.45) is 3.67. The summed E-state index contributed by atoms with van der Waals surface area (Å²) in [5.74, 6) is -0.510. The first-order valence-corrected chi connectivity index (χ1v) is 6.96. The summed E-state index contributed by atoms with van der Waals surface area (Å²) in [4.78, 5) is 16.3. The number of amides is 1. The van der Waals surface area contributed by atoms with Gasteiger partial charge in [-0.3, -0.25) is 9.78 Å². The van der Waals surface area contributed by atoms with E-state index in [1.165, 1.54) is 12.1 Å². The largest absolute Gasteiger partial charge is 0.324 e. The second-order valence-electron chi connectivity index (χ2n) is 5.45. The van der Waals surface area contributed by atoms with E-state index in [4.69, 9.17) is 0 Å². The van der Waals surface area contributed by atoms with Gasteiger partial charge in [-0.2, -0.15) is 10.2 Å². The molecule has 1 aromatic carbocycles. The van der Waals surface area contributed by atoms with Crippen LogP contribution in [0.15, 0.2) is 59.0 Å². The molecule has 0 bridgehead atoms. The molecule has 2 heterocycles. The molecule has 0 spiro atoms. The van der Waals surface area contributed by atoms with Crippen LogP contribution in [-0.2, 0) is 4.79 Å². The maximum Gasteiger partial charge on any atom is 0.254 e. The summed E-state index contributed by atoms with van der Waals surface area (Å²) in [6.45, 7) is 1.75. The van der Waals surface area contributed by atoms with Crippen LogP contribution in [0.25, 0.3) is 0 Å². The fourth-order valence-electron chi connectivity index (χ4n) is 2.36. The van der Waals surface area contributed by atoms with E-state index in [9.17, 15) is 9.18 Å². The van der Waals surface area contributed by atoms with Gasteiger partial charge >= 0.3 is 0 Å². The van der Waals surface area contributed by atoms with Crippen LogP contribution < -0.4 is 5.32 Å². The lowest BCUT2D eigenvalue weighted by molar-refractivity contribution is -0.120. The number of pyridine rings is 1. The summed E-state index contributed by atoms with van der Waals surface area (Å²) in [7, 11) is 0. The Hall–Kier alpha value is -2.63. The normalized spacial score (nSPS) is 23.5. The second kappa shape index (κ2) is 5.63. The van der Waals surface area contributed by atoms with Gasteiger partial charge in [-0.05, 0) is 36.8 Å². The minimum Gasteiger partial charge on any atom is -0.324 e.